The van der Waals surface area contributed by atoms with Crippen LogP contribution in [0.25, 0.3) is 0 Å². The minimum absolute atomic E-state index is 0.0556. The Balaban J connectivity index is 1.52. The van der Waals surface area contributed by atoms with Gasteiger partial charge in [0, 0.05) is 6.08 Å². The number of hydrogen-bond donors (Lipinski definition) is 1. The van der Waals surface area contributed by atoms with Crippen molar-refractivity contribution < 1.29 is 4.79 Å². The second-order valence-corrected chi connectivity index (χ2v) is 8.09. The third-order valence-electron chi connectivity index (χ3n) is 5.81. The van der Waals surface area contributed by atoms with Gasteiger partial charge in [-0.05, 0) is 68.6 Å². The molecule has 1 aromatic heterocycles. The van der Waals surface area contributed by atoms with Gasteiger partial charge in [0.2, 0.25) is 11.0 Å². The zero-order valence-electron chi connectivity index (χ0n) is 12.3. The minimum atomic E-state index is -0.0556. The Kier molecular flexibility index (Phi) is 3.14. The normalized spacial score (nSPS) is 37.8. The van der Waals surface area contributed by atoms with Crippen LogP contribution in [0.5, 0.6) is 0 Å². The first kappa shape index (κ1) is 13.4. The summed E-state index contributed by atoms with van der Waals surface area (Å²) in [7, 11) is 0. The SMILES string of the molecule is C/C(=C\C(=O)Nc1nncs1)C12CC3CC(CC(C3)C1)C2. The maximum absolute atomic E-state index is 12.2. The van der Waals surface area contributed by atoms with Crippen molar-refractivity contribution in [3.63, 3.8) is 0 Å². The molecule has 0 unspecified atom stereocenters. The molecule has 4 bridgehead atoms. The van der Waals surface area contributed by atoms with Crippen LogP contribution in [0.1, 0.15) is 45.4 Å². The first-order valence-electron chi connectivity index (χ1n) is 7.89. The zero-order valence-corrected chi connectivity index (χ0v) is 13.2. The van der Waals surface area contributed by atoms with Gasteiger partial charge in [-0.25, -0.2) is 0 Å². The second kappa shape index (κ2) is 4.90. The number of allylic oxidation sites excluding steroid dienone is 1. The molecule has 0 radical (unpaired) electrons. The Morgan fingerprint density at radius 2 is 1.90 bits per heavy atom. The van der Waals surface area contributed by atoms with E-state index in [1.54, 1.807) is 5.51 Å². The summed E-state index contributed by atoms with van der Waals surface area (Å²) in [5.74, 6) is 2.67. The van der Waals surface area contributed by atoms with E-state index in [-0.39, 0.29) is 5.91 Å². The number of nitrogens with one attached hydrogen (secondary N) is 1. The minimum Gasteiger partial charge on any atom is -0.297 e. The number of rotatable bonds is 3. The highest BCUT2D eigenvalue weighted by Gasteiger charge is 2.51. The lowest BCUT2D eigenvalue weighted by atomic mass is 9.48. The van der Waals surface area contributed by atoms with Crippen LogP contribution in [0, 0.1) is 23.2 Å². The molecule has 1 aromatic rings. The number of nitrogens with zero attached hydrogens (tertiary/aromatic N) is 2. The highest BCUT2D eigenvalue weighted by Crippen LogP contribution is 2.62. The summed E-state index contributed by atoms with van der Waals surface area (Å²) in [6, 6.07) is 0. The van der Waals surface area contributed by atoms with Crippen LogP contribution in [0.4, 0.5) is 5.13 Å². The molecule has 0 atom stereocenters. The Morgan fingerprint density at radius 1 is 1.29 bits per heavy atom. The van der Waals surface area contributed by atoms with E-state index in [4.69, 9.17) is 0 Å². The Hall–Kier alpha value is -1.23. The summed E-state index contributed by atoms with van der Waals surface area (Å²) in [4.78, 5) is 12.2. The molecular formula is C16H21N3OS. The van der Waals surface area contributed by atoms with Gasteiger partial charge in [0.25, 0.3) is 0 Å². The van der Waals surface area contributed by atoms with Crippen molar-refractivity contribution in [2.75, 3.05) is 5.32 Å². The largest absolute Gasteiger partial charge is 0.297 e. The van der Waals surface area contributed by atoms with Crippen LogP contribution in [-0.2, 0) is 4.79 Å². The van der Waals surface area contributed by atoms with E-state index in [0.29, 0.717) is 10.5 Å². The molecule has 5 heteroatoms. The summed E-state index contributed by atoms with van der Waals surface area (Å²) < 4.78 is 0. The number of hydrogen-bond acceptors (Lipinski definition) is 4. The summed E-state index contributed by atoms with van der Waals surface area (Å²) >= 11 is 1.35. The van der Waals surface area contributed by atoms with Crippen molar-refractivity contribution in [1.29, 1.82) is 0 Å². The fraction of sp³-hybridized carbons (Fsp3) is 0.688. The summed E-state index contributed by atoms with van der Waals surface area (Å²) in [6.07, 6.45) is 10.0. The smallest absolute Gasteiger partial charge is 0.250 e. The van der Waals surface area contributed by atoms with E-state index < -0.39 is 0 Å². The molecule has 1 amide bonds. The highest BCUT2D eigenvalue weighted by molar-refractivity contribution is 7.13. The average Bonchev–Trinajstić information content (AvgIpc) is 2.89. The van der Waals surface area contributed by atoms with E-state index in [9.17, 15) is 4.79 Å². The van der Waals surface area contributed by atoms with Crippen LogP contribution in [0.2, 0.25) is 0 Å². The molecule has 5 rings (SSSR count). The monoisotopic (exact) mass is 303 g/mol. The second-order valence-electron chi connectivity index (χ2n) is 7.26. The Bertz CT molecular complexity index is 543. The maximum atomic E-state index is 12.2. The van der Waals surface area contributed by atoms with Gasteiger partial charge in [-0.1, -0.05) is 16.9 Å². The van der Waals surface area contributed by atoms with Crippen LogP contribution >= 0.6 is 11.3 Å². The molecule has 0 aromatic carbocycles. The van der Waals surface area contributed by atoms with Gasteiger partial charge in [-0.3, -0.25) is 10.1 Å². The lowest BCUT2D eigenvalue weighted by molar-refractivity contribution is -0.112. The third kappa shape index (κ3) is 2.41. The zero-order chi connectivity index (χ0) is 14.4. The number of aromatic nitrogens is 2. The Morgan fingerprint density at radius 3 is 2.43 bits per heavy atom. The van der Waals surface area contributed by atoms with Crippen LogP contribution in [0.15, 0.2) is 17.2 Å². The first-order valence-corrected chi connectivity index (χ1v) is 8.77. The van der Waals surface area contributed by atoms with E-state index >= 15 is 0 Å². The predicted octanol–water partition coefficient (Wildman–Crippen LogP) is 3.64. The summed E-state index contributed by atoms with van der Waals surface area (Å²) in [5.41, 5.74) is 3.22. The van der Waals surface area contributed by atoms with Crippen LogP contribution < -0.4 is 5.32 Å². The molecule has 4 aliphatic carbocycles. The van der Waals surface area contributed by atoms with Gasteiger partial charge >= 0.3 is 0 Å². The summed E-state index contributed by atoms with van der Waals surface area (Å²) in [5, 5.41) is 11.0. The fourth-order valence-corrected chi connectivity index (χ4v) is 5.76. The fourth-order valence-electron chi connectivity index (χ4n) is 5.31. The molecule has 0 spiro atoms. The molecule has 0 saturated heterocycles. The number of amides is 1. The number of anilines is 1. The van der Waals surface area contributed by atoms with Crippen molar-refractivity contribution in [1.82, 2.24) is 10.2 Å². The standard InChI is InChI=1S/C16H21N3OS/c1-10(2-14(20)18-15-19-17-9-21-15)16-6-11-3-12(7-16)5-13(4-11)8-16/h2,9,11-13H,3-8H2,1H3,(H,18,19,20)/b10-2+. The van der Waals surface area contributed by atoms with Crippen molar-refractivity contribution in [3.05, 3.63) is 17.2 Å². The molecule has 0 aliphatic heterocycles. The lowest BCUT2D eigenvalue weighted by Crippen LogP contribution is -2.46. The van der Waals surface area contributed by atoms with Gasteiger partial charge in [-0.2, -0.15) is 0 Å². The first-order chi connectivity index (χ1) is 10.1. The van der Waals surface area contributed by atoms with Crippen molar-refractivity contribution in [3.8, 4) is 0 Å². The molecule has 4 aliphatic rings. The van der Waals surface area contributed by atoms with Crippen LogP contribution in [-0.4, -0.2) is 16.1 Å². The maximum Gasteiger partial charge on any atom is 0.250 e. The van der Waals surface area contributed by atoms with E-state index in [1.807, 2.05) is 6.08 Å². The topological polar surface area (TPSA) is 54.9 Å². The quantitative estimate of drug-likeness (QED) is 0.867. The van der Waals surface area contributed by atoms with E-state index in [0.717, 1.165) is 17.8 Å². The molecule has 4 saturated carbocycles. The lowest BCUT2D eigenvalue weighted by Gasteiger charge is -2.57. The van der Waals surface area contributed by atoms with Crippen molar-refractivity contribution >= 4 is 22.4 Å². The molecule has 1 heterocycles. The molecular weight excluding hydrogens is 282 g/mol. The van der Waals surface area contributed by atoms with E-state index in [1.165, 1.54) is 55.4 Å². The molecule has 1 N–H and O–H groups in total. The van der Waals surface area contributed by atoms with Gasteiger partial charge in [0.05, 0.1) is 0 Å². The molecule has 112 valence electrons. The third-order valence-corrected chi connectivity index (χ3v) is 6.42. The van der Waals surface area contributed by atoms with E-state index in [2.05, 4.69) is 22.4 Å². The van der Waals surface area contributed by atoms with Crippen molar-refractivity contribution in [2.45, 2.75) is 45.4 Å². The predicted molar refractivity (Wildman–Crippen MR) is 82.9 cm³/mol. The van der Waals surface area contributed by atoms with Gasteiger partial charge < -0.3 is 0 Å². The van der Waals surface area contributed by atoms with Crippen molar-refractivity contribution in [2.24, 2.45) is 23.2 Å². The van der Waals surface area contributed by atoms with Gasteiger partial charge in [0.1, 0.15) is 5.51 Å². The number of carbonyl (C=O) groups is 1. The number of carbonyl (C=O) groups excluding carboxylic acids is 1. The Labute approximate surface area is 129 Å². The van der Waals surface area contributed by atoms with Crippen LogP contribution in [0.3, 0.4) is 0 Å². The molecule has 4 fully saturated rings. The highest BCUT2D eigenvalue weighted by atomic mass is 32.1. The average molecular weight is 303 g/mol. The van der Waals surface area contributed by atoms with Gasteiger partial charge in [0.15, 0.2) is 0 Å². The molecule has 21 heavy (non-hydrogen) atoms. The van der Waals surface area contributed by atoms with Gasteiger partial charge in [-0.15, -0.1) is 10.2 Å². The molecule has 4 nitrogen and oxygen atoms in total. The summed E-state index contributed by atoms with van der Waals surface area (Å²) in [6.45, 7) is 2.16.